The molecule has 3 nitrogen and oxygen atoms in total. The quantitative estimate of drug-likeness (QED) is 0.714. The van der Waals surface area contributed by atoms with Gasteiger partial charge in [-0.15, -0.1) is 0 Å². The van der Waals surface area contributed by atoms with Crippen LogP contribution >= 0.6 is 21.0 Å². The van der Waals surface area contributed by atoms with Gasteiger partial charge in [-0.25, -0.2) is 0 Å². The van der Waals surface area contributed by atoms with Crippen LogP contribution in [-0.4, -0.2) is 3.69 Å². The summed E-state index contributed by atoms with van der Waals surface area (Å²) in [6.07, 6.45) is 0. The molecular formula is C7H5IN2O. The molecule has 0 amide bonds. The van der Waals surface area contributed by atoms with Crippen LogP contribution in [0, 0.1) is 0 Å². The lowest BCUT2D eigenvalue weighted by molar-refractivity contribution is 0.320. The number of nitrogens with zero attached hydrogens (tertiary/aromatic N) is 2. The van der Waals surface area contributed by atoms with Crippen molar-refractivity contribution in [3.8, 4) is 0 Å². The molecule has 0 fully saturated rings. The summed E-state index contributed by atoms with van der Waals surface area (Å²) in [5, 5.41) is 3.48. The molecule has 0 atom stereocenters. The van der Waals surface area contributed by atoms with Gasteiger partial charge in [-0.1, -0.05) is 33.7 Å². The second-order valence-electron chi connectivity index (χ2n) is 1.97. The van der Waals surface area contributed by atoms with Crippen LogP contribution in [0.5, 0.6) is 0 Å². The summed E-state index contributed by atoms with van der Waals surface area (Å²) in [5.41, 5.74) is 1.10. The van der Waals surface area contributed by atoms with Gasteiger partial charge in [0.15, 0.2) is 0 Å². The Morgan fingerprint density at radius 3 is 2.64 bits per heavy atom. The van der Waals surface area contributed by atoms with Crippen LogP contribution in [-0.2, 0) is 4.84 Å². The normalized spacial score (nSPS) is 15.1. The fraction of sp³-hybridized carbons (Fsp3) is 0. The number of rotatable bonds is 1. The van der Waals surface area contributed by atoms with Gasteiger partial charge < -0.3 is 4.84 Å². The molecule has 1 aromatic carbocycles. The molecule has 1 aliphatic heterocycles. The first kappa shape index (κ1) is 6.90. The topological polar surface area (TPSA) is 34.0 Å². The summed E-state index contributed by atoms with van der Waals surface area (Å²) in [7, 11) is 0. The summed E-state index contributed by atoms with van der Waals surface area (Å²) in [6.45, 7) is 0. The molecular weight excluding hydrogens is 255 g/mol. The van der Waals surface area contributed by atoms with Crippen molar-refractivity contribution in [3.63, 3.8) is 0 Å². The average molecular weight is 260 g/mol. The van der Waals surface area contributed by atoms with Crippen molar-refractivity contribution in [1.29, 1.82) is 0 Å². The molecule has 1 heterocycles. The first-order valence-electron chi connectivity index (χ1n) is 3.11. The lowest BCUT2D eigenvalue weighted by Crippen LogP contribution is -1.95. The first-order chi connectivity index (χ1) is 5.47. The van der Waals surface area contributed by atoms with Gasteiger partial charge in [-0.05, 0) is 0 Å². The van der Waals surface area contributed by atoms with E-state index in [0.717, 1.165) is 9.26 Å². The van der Waals surface area contributed by atoms with Crippen LogP contribution in [0.3, 0.4) is 0 Å². The Balaban J connectivity index is 2.31. The molecule has 11 heavy (non-hydrogen) atoms. The van der Waals surface area contributed by atoms with E-state index in [2.05, 4.69) is 8.61 Å². The molecule has 56 valence electrons. The van der Waals surface area contributed by atoms with Crippen molar-refractivity contribution in [1.82, 2.24) is 0 Å². The molecule has 0 N–H and O–H groups in total. The highest BCUT2D eigenvalue weighted by Crippen LogP contribution is 2.18. The zero-order valence-electron chi connectivity index (χ0n) is 5.57. The maximum Gasteiger partial charge on any atom is 0.218 e. The van der Waals surface area contributed by atoms with Crippen LogP contribution in [0.2, 0.25) is 0 Å². The zero-order chi connectivity index (χ0) is 7.52. The van der Waals surface area contributed by atoms with E-state index in [-0.39, 0.29) is 21.0 Å². The van der Waals surface area contributed by atoms with Crippen molar-refractivity contribution in [3.05, 3.63) is 35.9 Å². The minimum absolute atomic E-state index is 0.350. The van der Waals surface area contributed by atoms with Gasteiger partial charge in [0.1, 0.15) is 21.0 Å². The molecule has 0 saturated carbocycles. The van der Waals surface area contributed by atoms with E-state index >= 15 is 0 Å². The maximum atomic E-state index is 4.96. The summed E-state index contributed by atoms with van der Waals surface area (Å²) in [4.78, 5) is 4.96. The second kappa shape index (κ2) is 3.08. The van der Waals surface area contributed by atoms with Crippen LogP contribution in [0.15, 0.2) is 38.9 Å². The van der Waals surface area contributed by atoms with Gasteiger partial charge in [-0.2, -0.15) is 0 Å². The van der Waals surface area contributed by atoms with Gasteiger partial charge in [0.25, 0.3) is 0 Å². The van der Waals surface area contributed by atoms with Crippen molar-refractivity contribution < 1.29 is 4.84 Å². The number of hydrogen-bond donors (Lipinski definition) is 0. The fourth-order valence-electron chi connectivity index (χ4n) is 0.787. The van der Waals surface area contributed by atoms with Crippen molar-refractivity contribution in [2.24, 2.45) is 8.61 Å². The molecule has 0 aromatic heterocycles. The van der Waals surface area contributed by atoms with Crippen LogP contribution < -0.4 is 0 Å². The maximum absolute atomic E-state index is 4.96. The lowest BCUT2D eigenvalue weighted by Gasteiger charge is -1.95. The highest BCUT2D eigenvalue weighted by molar-refractivity contribution is 14.2. The monoisotopic (exact) mass is 260 g/mol. The smallest absolute Gasteiger partial charge is 0.218 e. The van der Waals surface area contributed by atoms with Gasteiger partial charge in [0.05, 0.1) is 0 Å². The fourth-order valence-corrected chi connectivity index (χ4v) is 1.97. The Bertz CT molecular complexity index is 307. The molecule has 0 bridgehead atoms. The van der Waals surface area contributed by atoms with Gasteiger partial charge in [0, 0.05) is 10.8 Å². The molecule has 1 aromatic rings. The molecule has 0 saturated heterocycles. The highest BCUT2D eigenvalue weighted by atomic mass is 127. The lowest BCUT2D eigenvalue weighted by atomic mass is 10.2. The predicted octanol–water partition coefficient (Wildman–Crippen LogP) is 2.45. The van der Waals surface area contributed by atoms with Gasteiger partial charge >= 0.3 is 0 Å². The Kier molecular flexibility index (Phi) is 1.93. The third kappa shape index (κ3) is 1.45. The Hall–Kier alpha value is -0.780. The standard InChI is InChI=1S/C7H5IN2O/c1-2-4-6(5-3-1)7-8-9-10-11-7/h1-5H. The third-order valence-electron chi connectivity index (χ3n) is 1.27. The molecule has 4 heteroatoms. The minimum Gasteiger partial charge on any atom is -0.331 e. The summed E-state index contributed by atoms with van der Waals surface area (Å²) < 4.78 is 4.75. The average Bonchev–Trinajstić information content (AvgIpc) is 2.58. The van der Waals surface area contributed by atoms with E-state index in [9.17, 15) is 0 Å². The zero-order valence-corrected chi connectivity index (χ0v) is 7.72. The molecule has 1 aliphatic rings. The van der Waals surface area contributed by atoms with Crippen molar-refractivity contribution >= 4 is 24.7 Å². The molecule has 0 radical (unpaired) electrons. The number of hydrogen-bond acceptors (Lipinski definition) is 3. The Morgan fingerprint density at radius 2 is 2.00 bits per heavy atom. The first-order valence-corrected chi connectivity index (χ1v) is 5.15. The Labute approximate surface area is 74.2 Å². The number of halogens is 1. The van der Waals surface area contributed by atoms with Crippen molar-refractivity contribution in [2.75, 3.05) is 0 Å². The van der Waals surface area contributed by atoms with Crippen LogP contribution in [0.1, 0.15) is 5.56 Å². The van der Waals surface area contributed by atoms with E-state index in [4.69, 9.17) is 4.84 Å². The predicted molar refractivity (Wildman–Crippen MR) is 50.5 cm³/mol. The van der Waals surface area contributed by atoms with E-state index < -0.39 is 0 Å². The molecule has 2 rings (SSSR count). The SMILES string of the molecule is c1ccc(C2=IN=NO2)cc1. The van der Waals surface area contributed by atoms with Gasteiger partial charge in [0.2, 0.25) is 3.69 Å². The number of benzene rings is 1. The van der Waals surface area contributed by atoms with E-state index in [1.165, 1.54) is 0 Å². The van der Waals surface area contributed by atoms with Gasteiger partial charge in [-0.3, -0.25) is 0 Å². The third-order valence-corrected chi connectivity index (χ3v) is 2.92. The Morgan fingerprint density at radius 1 is 1.18 bits per heavy atom. The molecule has 0 spiro atoms. The minimum atomic E-state index is -0.350. The molecule has 0 aliphatic carbocycles. The highest BCUT2D eigenvalue weighted by Gasteiger charge is 2.06. The summed E-state index contributed by atoms with van der Waals surface area (Å²) in [6, 6.07) is 9.95. The van der Waals surface area contributed by atoms with Crippen molar-refractivity contribution in [2.45, 2.75) is 0 Å². The second-order valence-corrected chi connectivity index (χ2v) is 3.87. The van der Waals surface area contributed by atoms with E-state index in [1.54, 1.807) is 0 Å². The largest absolute Gasteiger partial charge is 0.331 e. The van der Waals surface area contributed by atoms with Crippen LogP contribution in [0.4, 0.5) is 0 Å². The molecule has 0 unspecified atom stereocenters. The summed E-state index contributed by atoms with van der Waals surface area (Å²) in [5.74, 6) is 0. The van der Waals surface area contributed by atoms with Crippen LogP contribution in [0.25, 0.3) is 0 Å². The van der Waals surface area contributed by atoms with E-state index in [0.29, 0.717) is 0 Å². The summed E-state index contributed by atoms with van der Waals surface area (Å²) >= 11 is -0.350. The van der Waals surface area contributed by atoms with E-state index in [1.807, 2.05) is 30.3 Å².